The van der Waals surface area contributed by atoms with Crippen LogP contribution in [0, 0.1) is 0 Å². The number of hydrogen-bond acceptors (Lipinski definition) is 3. The Morgan fingerprint density at radius 2 is 1.76 bits per heavy atom. The molecule has 3 aromatic rings. The Bertz CT molecular complexity index is 668. The average molecular weight is 286 g/mol. The van der Waals surface area contributed by atoms with Crippen LogP contribution in [0.1, 0.15) is 0 Å². The number of aromatic nitrogens is 3. The summed E-state index contributed by atoms with van der Waals surface area (Å²) in [6.45, 7) is 0. The predicted molar refractivity (Wildman–Crippen MR) is 70.5 cm³/mol. The molecule has 0 unspecified atom stereocenters. The molecule has 0 saturated carbocycles. The van der Waals surface area contributed by atoms with Gasteiger partial charge in [0.2, 0.25) is 0 Å². The molecule has 0 saturated heterocycles. The summed E-state index contributed by atoms with van der Waals surface area (Å²) in [6.07, 6.45) is 7.10. The Kier molecular flexibility index (Phi) is 2.57. The van der Waals surface area contributed by atoms with Crippen LogP contribution in [0.15, 0.2) is 53.5 Å². The van der Waals surface area contributed by atoms with E-state index in [4.69, 9.17) is 0 Å². The monoisotopic (exact) mass is 285 g/mol. The van der Waals surface area contributed by atoms with Crippen molar-refractivity contribution in [3.8, 4) is 11.4 Å². The van der Waals surface area contributed by atoms with Crippen molar-refractivity contribution in [3.63, 3.8) is 0 Å². The van der Waals surface area contributed by atoms with Crippen molar-refractivity contribution >= 4 is 26.7 Å². The molecule has 0 spiro atoms. The molecule has 0 aliphatic carbocycles. The number of fused-ring (bicyclic) bond motifs is 1. The van der Waals surface area contributed by atoms with Gasteiger partial charge in [-0.2, -0.15) is 0 Å². The lowest BCUT2D eigenvalue weighted by molar-refractivity contribution is 1.17. The van der Waals surface area contributed by atoms with E-state index in [1.165, 1.54) is 0 Å². The summed E-state index contributed by atoms with van der Waals surface area (Å²) >= 11 is 3.55. The molecular weight excluding hydrogens is 278 g/mol. The summed E-state index contributed by atoms with van der Waals surface area (Å²) in [4.78, 5) is 12.6. The first-order chi connectivity index (χ1) is 8.34. The predicted octanol–water partition coefficient (Wildman–Crippen LogP) is 3.45. The van der Waals surface area contributed by atoms with Gasteiger partial charge in [0.05, 0.1) is 0 Å². The van der Waals surface area contributed by atoms with Crippen LogP contribution < -0.4 is 0 Å². The molecule has 0 radical (unpaired) electrons. The fourth-order valence-electron chi connectivity index (χ4n) is 1.72. The maximum absolute atomic E-state index is 4.26. The molecule has 0 aliphatic rings. The lowest BCUT2D eigenvalue weighted by Gasteiger charge is -2.05. The standard InChI is InChI=1S/C13H8BrN3/c14-12-7-9-2-5-15-8-10(9)6-11(12)13-16-3-1-4-17-13/h1-8H. The largest absolute Gasteiger partial charge is 0.264 e. The van der Waals surface area contributed by atoms with Gasteiger partial charge in [0.1, 0.15) is 0 Å². The summed E-state index contributed by atoms with van der Waals surface area (Å²) in [6, 6.07) is 7.89. The summed E-state index contributed by atoms with van der Waals surface area (Å²) in [7, 11) is 0. The fraction of sp³-hybridized carbons (Fsp3) is 0. The average Bonchev–Trinajstić information content (AvgIpc) is 2.39. The van der Waals surface area contributed by atoms with Crippen molar-refractivity contribution in [3.05, 3.63) is 53.5 Å². The van der Waals surface area contributed by atoms with Gasteiger partial charge in [-0.05, 0) is 29.7 Å². The number of nitrogens with zero attached hydrogens (tertiary/aromatic N) is 3. The summed E-state index contributed by atoms with van der Waals surface area (Å²) in [5.41, 5.74) is 0.978. The van der Waals surface area contributed by atoms with Crippen LogP contribution in [-0.2, 0) is 0 Å². The number of halogens is 1. The quantitative estimate of drug-likeness (QED) is 0.687. The SMILES string of the molecule is Brc1cc2ccncc2cc1-c1ncccn1. The van der Waals surface area contributed by atoms with Gasteiger partial charge in [0.15, 0.2) is 5.82 Å². The van der Waals surface area contributed by atoms with Gasteiger partial charge >= 0.3 is 0 Å². The molecular formula is C13H8BrN3. The highest BCUT2D eigenvalue weighted by Crippen LogP contribution is 2.29. The minimum atomic E-state index is 0.713. The first-order valence-corrected chi connectivity index (χ1v) is 5.94. The third kappa shape index (κ3) is 1.91. The van der Waals surface area contributed by atoms with Crippen LogP contribution in [0.5, 0.6) is 0 Å². The van der Waals surface area contributed by atoms with E-state index < -0.39 is 0 Å². The van der Waals surface area contributed by atoms with E-state index in [-0.39, 0.29) is 0 Å². The molecule has 4 heteroatoms. The second kappa shape index (κ2) is 4.22. The Balaban J connectivity index is 2.27. The van der Waals surface area contributed by atoms with Gasteiger partial charge in [0.25, 0.3) is 0 Å². The maximum Gasteiger partial charge on any atom is 0.160 e. The molecule has 2 aromatic heterocycles. The van der Waals surface area contributed by atoms with E-state index in [0.29, 0.717) is 5.82 Å². The topological polar surface area (TPSA) is 38.7 Å². The first kappa shape index (κ1) is 10.4. The Morgan fingerprint density at radius 1 is 0.941 bits per heavy atom. The summed E-state index contributed by atoms with van der Waals surface area (Å²) in [5.74, 6) is 0.713. The molecule has 3 nitrogen and oxygen atoms in total. The van der Waals surface area contributed by atoms with Crippen molar-refractivity contribution in [2.75, 3.05) is 0 Å². The number of rotatable bonds is 1. The zero-order chi connectivity index (χ0) is 11.7. The Labute approximate surface area is 107 Å². The zero-order valence-corrected chi connectivity index (χ0v) is 10.4. The van der Waals surface area contributed by atoms with Crippen LogP contribution in [0.2, 0.25) is 0 Å². The summed E-state index contributed by atoms with van der Waals surface area (Å²) in [5, 5.41) is 2.23. The second-order valence-electron chi connectivity index (χ2n) is 3.63. The van der Waals surface area contributed by atoms with Crippen LogP contribution in [0.25, 0.3) is 22.2 Å². The third-order valence-corrected chi connectivity index (χ3v) is 3.19. The molecule has 0 fully saturated rings. The molecule has 0 atom stereocenters. The number of hydrogen-bond donors (Lipinski definition) is 0. The van der Waals surface area contributed by atoms with Crippen molar-refractivity contribution in [2.45, 2.75) is 0 Å². The summed E-state index contributed by atoms with van der Waals surface area (Å²) < 4.78 is 0.988. The van der Waals surface area contributed by atoms with Crippen LogP contribution in [0.3, 0.4) is 0 Å². The van der Waals surface area contributed by atoms with Gasteiger partial charge in [-0.3, -0.25) is 4.98 Å². The van der Waals surface area contributed by atoms with Crippen LogP contribution in [-0.4, -0.2) is 15.0 Å². The van der Waals surface area contributed by atoms with Crippen LogP contribution >= 0.6 is 15.9 Å². The van der Waals surface area contributed by atoms with Crippen molar-refractivity contribution in [1.29, 1.82) is 0 Å². The van der Waals surface area contributed by atoms with Crippen molar-refractivity contribution < 1.29 is 0 Å². The highest BCUT2D eigenvalue weighted by molar-refractivity contribution is 9.10. The second-order valence-corrected chi connectivity index (χ2v) is 4.48. The number of pyridine rings is 1. The Morgan fingerprint density at radius 3 is 2.59 bits per heavy atom. The van der Waals surface area contributed by atoms with E-state index >= 15 is 0 Å². The van der Waals surface area contributed by atoms with E-state index in [1.54, 1.807) is 24.7 Å². The van der Waals surface area contributed by atoms with Crippen molar-refractivity contribution in [1.82, 2.24) is 15.0 Å². The lowest BCUT2D eigenvalue weighted by Crippen LogP contribution is -1.88. The Hall–Kier alpha value is -1.81. The maximum atomic E-state index is 4.26. The van der Waals surface area contributed by atoms with Gasteiger partial charge < -0.3 is 0 Å². The van der Waals surface area contributed by atoms with E-state index in [0.717, 1.165) is 20.8 Å². The van der Waals surface area contributed by atoms with E-state index in [9.17, 15) is 0 Å². The van der Waals surface area contributed by atoms with Gasteiger partial charge in [0, 0.05) is 40.2 Å². The third-order valence-electron chi connectivity index (χ3n) is 2.53. The first-order valence-electron chi connectivity index (χ1n) is 5.15. The molecule has 0 N–H and O–H groups in total. The lowest BCUT2D eigenvalue weighted by atomic mass is 10.1. The molecule has 0 amide bonds. The molecule has 17 heavy (non-hydrogen) atoms. The minimum Gasteiger partial charge on any atom is -0.264 e. The molecule has 3 rings (SSSR count). The molecule has 2 heterocycles. The van der Waals surface area contributed by atoms with E-state index in [2.05, 4.69) is 36.9 Å². The molecule has 82 valence electrons. The number of benzene rings is 1. The van der Waals surface area contributed by atoms with Gasteiger partial charge in [-0.15, -0.1) is 0 Å². The highest BCUT2D eigenvalue weighted by atomic mass is 79.9. The fourth-order valence-corrected chi connectivity index (χ4v) is 2.26. The van der Waals surface area contributed by atoms with Crippen LogP contribution in [0.4, 0.5) is 0 Å². The highest BCUT2D eigenvalue weighted by Gasteiger charge is 2.07. The molecule has 1 aromatic carbocycles. The zero-order valence-electron chi connectivity index (χ0n) is 8.84. The van der Waals surface area contributed by atoms with Crippen molar-refractivity contribution in [2.24, 2.45) is 0 Å². The minimum absolute atomic E-state index is 0.713. The van der Waals surface area contributed by atoms with Gasteiger partial charge in [-0.1, -0.05) is 15.9 Å². The molecule has 0 aliphatic heterocycles. The normalized spacial score (nSPS) is 10.6. The van der Waals surface area contributed by atoms with E-state index in [1.807, 2.05) is 18.3 Å². The molecule has 0 bridgehead atoms. The smallest absolute Gasteiger partial charge is 0.160 e. The van der Waals surface area contributed by atoms with Gasteiger partial charge in [-0.25, -0.2) is 9.97 Å².